The quantitative estimate of drug-likeness (QED) is 0.548. The highest BCUT2D eigenvalue weighted by Gasteiger charge is 2.06. The largest absolute Gasteiger partial charge is 0.369 e. The molecule has 0 saturated heterocycles. The molecule has 0 atom stereocenters. The number of halogens is 1. The highest BCUT2D eigenvalue weighted by molar-refractivity contribution is 5.90. The van der Waals surface area contributed by atoms with E-state index in [2.05, 4.69) is 27.4 Å². The van der Waals surface area contributed by atoms with E-state index >= 15 is 0 Å². The van der Waals surface area contributed by atoms with E-state index in [-0.39, 0.29) is 5.82 Å². The van der Waals surface area contributed by atoms with E-state index in [0.717, 1.165) is 40.9 Å². The van der Waals surface area contributed by atoms with Crippen LogP contribution in [0.25, 0.3) is 22.2 Å². The van der Waals surface area contributed by atoms with E-state index in [1.54, 1.807) is 12.3 Å². The SMILES string of the molecule is Fc1cccc(-c2ccc3c(NCCc4ccccc4)nccc3n2)c1. The summed E-state index contributed by atoms with van der Waals surface area (Å²) in [7, 11) is 0. The molecule has 26 heavy (non-hydrogen) atoms. The molecule has 0 aliphatic rings. The number of nitrogens with one attached hydrogen (secondary N) is 1. The van der Waals surface area contributed by atoms with E-state index < -0.39 is 0 Å². The van der Waals surface area contributed by atoms with E-state index in [4.69, 9.17) is 0 Å². The van der Waals surface area contributed by atoms with Crippen LogP contribution in [0.2, 0.25) is 0 Å². The molecule has 1 N–H and O–H groups in total. The van der Waals surface area contributed by atoms with Crippen LogP contribution in [0.4, 0.5) is 10.2 Å². The molecule has 4 heteroatoms. The van der Waals surface area contributed by atoms with Gasteiger partial charge in [0.1, 0.15) is 11.6 Å². The average Bonchev–Trinajstić information content (AvgIpc) is 2.68. The van der Waals surface area contributed by atoms with Gasteiger partial charge in [0, 0.05) is 23.7 Å². The van der Waals surface area contributed by atoms with Crippen LogP contribution in [0.1, 0.15) is 5.56 Å². The Labute approximate surface area is 151 Å². The molecule has 0 radical (unpaired) electrons. The molecule has 2 aromatic carbocycles. The maximum Gasteiger partial charge on any atom is 0.135 e. The topological polar surface area (TPSA) is 37.8 Å². The van der Waals surface area contributed by atoms with Crippen LogP contribution in [0.15, 0.2) is 79.0 Å². The second kappa shape index (κ2) is 7.31. The fraction of sp³-hybridized carbons (Fsp3) is 0.0909. The Morgan fingerprint density at radius 2 is 1.77 bits per heavy atom. The molecule has 4 rings (SSSR count). The van der Waals surface area contributed by atoms with Crippen molar-refractivity contribution in [3.8, 4) is 11.3 Å². The zero-order valence-electron chi connectivity index (χ0n) is 14.2. The first-order chi connectivity index (χ1) is 12.8. The van der Waals surface area contributed by atoms with Crippen molar-refractivity contribution in [1.29, 1.82) is 0 Å². The molecule has 2 heterocycles. The molecule has 0 saturated carbocycles. The molecule has 0 bridgehead atoms. The van der Waals surface area contributed by atoms with Crippen molar-refractivity contribution >= 4 is 16.7 Å². The lowest BCUT2D eigenvalue weighted by Crippen LogP contribution is -2.06. The lowest BCUT2D eigenvalue weighted by molar-refractivity contribution is 0.628. The fourth-order valence-electron chi connectivity index (χ4n) is 2.97. The second-order valence-electron chi connectivity index (χ2n) is 6.10. The molecule has 128 valence electrons. The normalized spacial score (nSPS) is 10.8. The maximum atomic E-state index is 13.5. The lowest BCUT2D eigenvalue weighted by Gasteiger charge is -2.10. The lowest BCUT2D eigenvalue weighted by atomic mass is 10.1. The van der Waals surface area contributed by atoms with Crippen LogP contribution in [-0.4, -0.2) is 16.5 Å². The van der Waals surface area contributed by atoms with Crippen molar-refractivity contribution in [1.82, 2.24) is 9.97 Å². The van der Waals surface area contributed by atoms with Gasteiger partial charge in [-0.1, -0.05) is 42.5 Å². The van der Waals surface area contributed by atoms with E-state index in [0.29, 0.717) is 0 Å². The van der Waals surface area contributed by atoms with Gasteiger partial charge in [-0.05, 0) is 42.3 Å². The summed E-state index contributed by atoms with van der Waals surface area (Å²) < 4.78 is 13.5. The number of benzene rings is 2. The van der Waals surface area contributed by atoms with Gasteiger partial charge in [0.15, 0.2) is 0 Å². The number of aromatic nitrogens is 2. The smallest absolute Gasteiger partial charge is 0.135 e. The summed E-state index contributed by atoms with van der Waals surface area (Å²) >= 11 is 0. The van der Waals surface area contributed by atoms with Gasteiger partial charge in [-0.15, -0.1) is 0 Å². The van der Waals surface area contributed by atoms with Gasteiger partial charge in [0.05, 0.1) is 11.2 Å². The first kappa shape index (κ1) is 16.2. The van der Waals surface area contributed by atoms with E-state index in [1.165, 1.54) is 17.7 Å². The number of anilines is 1. The first-order valence-electron chi connectivity index (χ1n) is 8.59. The van der Waals surface area contributed by atoms with Gasteiger partial charge in [-0.3, -0.25) is 0 Å². The minimum atomic E-state index is -0.262. The van der Waals surface area contributed by atoms with Crippen molar-refractivity contribution < 1.29 is 4.39 Å². The fourth-order valence-corrected chi connectivity index (χ4v) is 2.97. The van der Waals surface area contributed by atoms with Gasteiger partial charge in [-0.25, -0.2) is 14.4 Å². The number of rotatable bonds is 5. The Hall–Kier alpha value is -3.27. The van der Waals surface area contributed by atoms with E-state index in [1.807, 2.05) is 42.5 Å². The molecule has 3 nitrogen and oxygen atoms in total. The van der Waals surface area contributed by atoms with Gasteiger partial charge in [0.25, 0.3) is 0 Å². The van der Waals surface area contributed by atoms with Gasteiger partial charge >= 0.3 is 0 Å². The third kappa shape index (κ3) is 3.54. The van der Waals surface area contributed by atoms with Gasteiger partial charge in [0.2, 0.25) is 0 Å². The molecule has 0 spiro atoms. The maximum absolute atomic E-state index is 13.5. The number of pyridine rings is 2. The molecular weight excluding hydrogens is 325 g/mol. The highest BCUT2D eigenvalue weighted by atomic mass is 19.1. The zero-order chi connectivity index (χ0) is 17.8. The summed E-state index contributed by atoms with van der Waals surface area (Å²) in [5.41, 5.74) is 3.64. The first-order valence-corrected chi connectivity index (χ1v) is 8.59. The third-order valence-electron chi connectivity index (χ3n) is 4.29. The number of hydrogen-bond acceptors (Lipinski definition) is 3. The predicted octanol–water partition coefficient (Wildman–Crippen LogP) is 5.09. The summed E-state index contributed by atoms with van der Waals surface area (Å²) in [4.78, 5) is 9.11. The van der Waals surface area contributed by atoms with Gasteiger partial charge < -0.3 is 5.32 Å². The van der Waals surface area contributed by atoms with Crippen molar-refractivity contribution in [2.75, 3.05) is 11.9 Å². The Morgan fingerprint density at radius 3 is 2.62 bits per heavy atom. The Balaban J connectivity index is 1.57. The number of fused-ring (bicyclic) bond motifs is 1. The van der Waals surface area contributed by atoms with Crippen LogP contribution < -0.4 is 5.32 Å². The monoisotopic (exact) mass is 343 g/mol. The molecule has 0 fully saturated rings. The van der Waals surface area contributed by atoms with Crippen LogP contribution >= 0.6 is 0 Å². The summed E-state index contributed by atoms with van der Waals surface area (Å²) in [5.74, 6) is 0.555. The molecule has 0 aliphatic heterocycles. The van der Waals surface area contributed by atoms with Crippen LogP contribution in [0.3, 0.4) is 0 Å². The van der Waals surface area contributed by atoms with E-state index in [9.17, 15) is 4.39 Å². The van der Waals surface area contributed by atoms with Crippen LogP contribution in [-0.2, 0) is 6.42 Å². The minimum Gasteiger partial charge on any atom is -0.369 e. The Bertz CT molecular complexity index is 1030. The zero-order valence-corrected chi connectivity index (χ0v) is 14.2. The molecular formula is C22H18FN3. The summed E-state index contributed by atoms with van der Waals surface area (Å²) in [6.45, 7) is 0.793. The molecule has 0 unspecified atom stereocenters. The second-order valence-corrected chi connectivity index (χ2v) is 6.10. The highest BCUT2D eigenvalue weighted by Crippen LogP contribution is 2.24. The van der Waals surface area contributed by atoms with Crippen molar-refractivity contribution in [3.63, 3.8) is 0 Å². The standard InChI is InChI=1S/C22H18FN3/c23-18-8-4-7-17(15-18)20-10-9-19-21(26-20)12-14-25-22(19)24-13-11-16-5-2-1-3-6-16/h1-10,12,14-15H,11,13H2,(H,24,25). The number of nitrogens with zero attached hydrogens (tertiary/aromatic N) is 2. The molecule has 0 amide bonds. The Morgan fingerprint density at radius 1 is 0.885 bits per heavy atom. The third-order valence-corrected chi connectivity index (χ3v) is 4.29. The molecule has 4 aromatic rings. The average molecular weight is 343 g/mol. The summed E-state index contributed by atoms with van der Waals surface area (Å²) in [6.07, 6.45) is 2.67. The van der Waals surface area contributed by atoms with Gasteiger partial charge in [-0.2, -0.15) is 0 Å². The molecule has 2 aromatic heterocycles. The minimum absolute atomic E-state index is 0.262. The van der Waals surface area contributed by atoms with Crippen molar-refractivity contribution in [2.24, 2.45) is 0 Å². The van der Waals surface area contributed by atoms with Crippen LogP contribution in [0, 0.1) is 5.82 Å². The number of hydrogen-bond donors (Lipinski definition) is 1. The molecule has 0 aliphatic carbocycles. The predicted molar refractivity (Wildman–Crippen MR) is 104 cm³/mol. The summed E-state index contributed by atoms with van der Waals surface area (Å²) in [5, 5.41) is 4.35. The van der Waals surface area contributed by atoms with Crippen LogP contribution in [0.5, 0.6) is 0 Å². The Kier molecular flexibility index (Phi) is 4.56. The van der Waals surface area contributed by atoms with Crippen molar-refractivity contribution in [3.05, 3.63) is 90.4 Å². The van der Waals surface area contributed by atoms with Crippen molar-refractivity contribution in [2.45, 2.75) is 6.42 Å². The summed E-state index contributed by atoms with van der Waals surface area (Å²) in [6, 6.07) is 22.6.